The van der Waals surface area contributed by atoms with Crippen molar-refractivity contribution in [2.45, 2.75) is 18.9 Å². The topological polar surface area (TPSA) is 97.2 Å². The van der Waals surface area contributed by atoms with Crippen LogP contribution in [0.25, 0.3) is 0 Å². The fourth-order valence-electron chi connectivity index (χ4n) is 2.58. The number of amides is 2. The zero-order valence-electron chi connectivity index (χ0n) is 13.1. The smallest absolute Gasteiger partial charge is 0.272 e. The Labute approximate surface area is 142 Å². The highest BCUT2D eigenvalue weighted by Crippen LogP contribution is 2.12. The summed E-state index contributed by atoms with van der Waals surface area (Å²) in [5, 5.41) is 8.64. The van der Waals surface area contributed by atoms with Crippen molar-refractivity contribution in [1.29, 1.82) is 0 Å². The van der Waals surface area contributed by atoms with Gasteiger partial charge in [-0.3, -0.25) is 14.4 Å². The van der Waals surface area contributed by atoms with E-state index in [1.807, 2.05) is 5.38 Å². The molecule has 2 aromatic heterocycles. The monoisotopic (exact) mass is 347 g/mol. The van der Waals surface area contributed by atoms with Gasteiger partial charge in [0, 0.05) is 37.6 Å². The van der Waals surface area contributed by atoms with Gasteiger partial charge in [-0.2, -0.15) is 5.10 Å². The van der Waals surface area contributed by atoms with Crippen LogP contribution in [-0.4, -0.2) is 50.6 Å². The highest BCUT2D eigenvalue weighted by molar-refractivity contribution is 7.07. The fraction of sp³-hybridized carbons (Fsp3) is 0.400. The predicted octanol–water partition coefficient (Wildman–Crippen LogP) is -0.190. The van der Waals surface area contributed by atoms with E-state index in [-0.39, 0.29) is 35.5 Å². The SMILES string of the molecule is Cn1nc(C(=O)N[C@@H]2CCN(C(=O)Cc3cscn3)C2)ccc1=O. The van der Waals surface area contributed by atoms with Gasteiger partial charge in [0.25, 0.3) is 11.5 Å². The average Bonchev–Trinajstić information content (AvgIpc) is 3.21. The molecule has 1 aliphatic rings. The molecule has 9 heteroatoms. The summed E-state index contributed by atoms with van der Waals surface area (Å²) in [6.45, 7) is 1.08. The number of nitrogens with zero attached hydrogens (tertiary/aromatic N) is 4. The number of rotatable bonds is 4. The fourth-order valence-corrected chi connectivity index (χ4v) is 3.14. The molecule has 2 aromatic rings. The lowest BCUT2D eigenvalue weighted by Crippen LogP contribution is -2.39. The van der Waals surface area contributed by atoms with Gasteiger partial charge in [0.15, 0.2) is 0 Å². The highest BCUT2D eigenvalue weighted by atomic mass is 32.1. The molecule has 3 heterocycles. The van der Waals surface area contributed by atoms with Crippen LogP contribution in [0.2, 0.25) is 0 Å². The molecule has 1 aliphatic heterocycles. The van der Waals surface area contributed by atoms with Crippen LogP contribution in [0, 0.1) is 0 Å². The van der Waals surface area contributed by atoms with Crippen LogP contribution >= 0.6 is 11.3 Å². The zero-order valence-corrected chi connectivity index (χ0v) is 14.0. The second kappa shape index (κ2) is 6.91. The van der Waals surface area contributed by atoms with E-state index in [1.165, 1.54) is 30.5 Å². The standard InChI is InChI=1S/C15H17N5O3S/c1-19-13(21)3-2-12(18-19)15(23)17-10-4-5-20(7-10)14(22)6-11-8-24-9-16-11/h2-3,8-10H,4-7H2,1H3,(H,17,23)/t10-/m1/s1. The van der Waals surface area contributed by atoms with E-state index >= 15 is 0 Å². The number of hydrogen-bond donors (Lipinski definition) is 1. The van der Waals surface area contributed by atoms with Crippen molar-refractivity contribution < 1.29 is 9.59 Å². The molecule has 0 aromatic carbocycles. The van der Waals surface area contributed by atoms with Crippen LogP contribution < -0.4 is 10.9 Å². The largest absolute Gasteiger partial charge is 0.346 e. The third-order valence-electron chi connectivity index (χ3n) is 3.89. The maximum absolute atomic E-state index is 12.2. The summed E-state index contributed by atoms with van der Waals surface area (Å²) in [5.41, 5.74) is 2.39. The maximum atomic E-state index is 12.2. The molecule has 0 aliphatic carbocycles. The quantitative estimate of drug-likeness (QED) is 0.827. The van der Waals surface area contributed by atoms with E-state index in [0.29, 0.717) is 19.5 Å². The molecule has 0 radical (unpaired) electrons. The van der Waals surface area contributed by atoms with Gasteiger partial charge in [-0.05, 0) is 12.5 Å². The molecule has 24 heavy (non-hydrogen) atoms. The average molecular weight is 347 g/mol. The van der Waals surface area contributed by atoms with Gasteiger partial charge < -0.3 is 10.2 Å². The van der Waals surface area contributed by atoms with E-state index in [2.05, 4.69) is 15.4 Å². The summed E-state index contributed by atoms with van der Waals surface area (Å²) < 4.78 is 1.12. The van der Waals surface area contributed by atoms with Crippen LogP contribution in [0.15, 0.2) is 27.8 Å². The number of aromatic nitrogens is 3. The summed E-state index contributed by atoms with van der Waals surface area (Å²) in [5.74, 6) is -0.331. The molecule has 1 fully saturated rings. The first kappa shape index (κ1) is 16.3. The van der Waals surface area contributed by atoms with E-state index in [4.69, 9.17) is 0 Å². The van der Waals surface area contributed by atoms with E-state index < -0.39 is 0 Å². The van der Waals surface area contributed by atoms with Crippen LogP contribution in [0.3, 0.4) is 0 Å². The first-order valence-corrected chi connectivity index (χ1v) is 8.47. The van der Waals surface area contributed by atoms with Crippen LogP contribution in [-0.2, 0) is 18.3 Å². The van der Waals surface area contributed by atoms with Gasteiger partial charge in [0.2, 0.25) is 5.91 Å². The minimum atomic E-state index is -0.343. The molecule has 1 N–H and O–H groups in total. The number of carbonyl (C=O) groups excluding carboxylic acids is 2. The van der Waals surface area contributed by atoms with Crippen molar-refractivity contribution in [3.63, 3.8) is 0 Å². The van der Waals surface area contributed by atoms with E-state index in [0.717, 1.165) is 10.4 Å². The molecule has 3 rings (SSSR count). The number of thiazole rings is 1. The summed E-state index contributed by atoms with van der Waals surface area (Å²) >= 11 is 1.46. The van der Waals surface area contributed by atoms with Crippen molar-refractivity contribution in [3.8, 4) is 0 Å². The molecule has 126 valence electrons. The first-order valence-electron chi connectivity index (χ1n) is 7.53. The van der Waals surface area contributed by atoms with Crippen molar-refractivity contribution in [1.82, 2.24) is 25.0 Å². The molecule has 8 nitrogen and oxygen atoms in total. The number of aryl methyl sites for hydroxylation is 1. The van der Waals surface area contributed by atoms with Gasteiger partial charge >= 0.3 is 0 Å². The Hall–Kier alpha value is -2.55. The molecule has 2 amide bonds. The van der Waals surface area contributed by atoms with Crippen LogP contribution in [0.4, 0.5) is 0 Å². The van der Waals surface area contributed by atoms with Crippen molar-refractivity contribution >= 4 is 23.2 Å². The summed E-state index contributed by atoms with van der Waals surface area (Å²) in [6, 6.07) is 2.59. The molecule has 0 spiro atoms. The van der Waals surface area contributed by atoms with Crippen molar-refractivity contribution in [2.24, 2.45) is 7.05 Å². The van der Waals surface area contributed by atoms with Gasteiger partial charge in [-0.1, -0.05) is 0 Å². The predicted molar refractivity (Wildman–Crippen MR) is 87.7 cm³/mol. The molecular formula is C15H17N5O3S. The molecule has 0 unspecified atom stereocenters. The third-order valence-corrected chi connectivity index (χ3v) is 4.52. The number of likely N-dealkylation sites (tertiary alicyclic amines) is 1. The van der Waals surface area contributed by atoms with Crippen LogP contribution in [0.5, 0.6) is 0 Å². The lowest BCUT2D eigenvalue weighted by atomic mass is 10.2. The number of nitrogens with one attached hydrogen (secondary N) is 1. The minimum absolute atomic E-state index is 0.0119. The second-order valence-corrected chi connectivity index (χ2v) is 6.35. The Balaban J connectivity index is 1.55. The Bertz CT molecular complexity index is 802. The van der Waals surface area contributed by atoms with Gasteiger partial charge in [-0.15, -0.1) is 11.3 Å². The third kappa shape index (κ3) is 3.67. The summed E-state index contributed by atoms with van der Waals surface area (Å²) in [7, 11) is 1.49. The first-order chi connectivity index (χ1) is 11.5. The maximum Gasteiger partial charge on any atom is 0.272 e. The van der Waals surface area contributed by atoms with Gasteiger partial charge in [0.05, 0.1) is 17.6 Å². The minimum Gasteiger partial charge on any atom is -0.346 e. The molecule has 0 saturated carbocycles. The summed E-state index contributed by atoms with van der Waals surface area (Å²) in [6.07, 6.45) is 0.979. The number of carbonyl (C=O) groups is 2. The molecular weight excluding hydrogens is 330 g/mol. The molecule has 1 atom stereocenters. The summed E-state index contributed by atoms with van der Waals surface area (Å²) in [4.78, 5) is 41.6. The van der Waals surface area contributed by atoms with Crippen molar-refractivity contribution in [2.75, 3.05) is 13.1 Å². The van der Waals surface area contributed by atoms with Crippen molar-refractivity contribution in [3.05, 3.63) is 44.8 Å². The second-order valence-electron chi connectivity index (χ2n) is 5.64. The normalized spacial score (nSPS) is 17.0. The highest BCUT2D eigenvalue weighted by Gasteiger charge is 2.28. The lowest BCUT2D eigenvalue weighted by molar-refractivity contribution is -0.129. The Morgan fingerprint density at radius 3 is 2.96 bits per heavy atom. The number of hydrogen-bond acceptors (Lipinski definition) is 6. The van der Waals surface area contributed by atoms with Gasteiger partial charge in [0.1, 0.15) is 5.69 Å². The van der Waals surface area contributed by atoms with Gasteiger partial charge in [-0.25, -0.2) is 9.67 Å². The molecule has 1 saturated heterocycles. The van der Waals surface area contributed by atoms with E-state index in [9.17, 15) is 14.4 Å². The van der Waals surface area contributed by atoms with Crippen LogP contribution in [0.1, 0.15) is 22.6 Å². The molecule has 0 bridgehead atoms. The lowest BCUT2D eigenvalue weighted by Gasteiger charge is -2.16. The van der Waals surface area contributed by atoms with E-state index in [1.54, 1.807) is 10.4 Å². The Kier molecular flexibility index (Phi) is 4.70. The zero-order chi connectivity index (χ0) is 17.1. The Morgan fingerprint density at radius 2 is 2.25 bits per heavy atom. The Morgan fingerprint density at radius 1 is 1.42 bits per heavy atom.